The van der Waals surface area contributed by atoms with Crippen LogP contribution in [0.1, 0.15) is 13.8 Å². The van der Waals surface area contributed by atoms with E-state index in [-0.39, 0.29) is 5.92 Å². The maximum atomic E-state index is 12.2. The molecule has 1 unspecified atom stereocenters. The van der Waals surface area contributed by atoms with E-state index in [1.54, 1.807) is 7.05 Å². The molecule has 0 aromatic heterocycles. The zero-order valence-electron chi connectivity index (χ0n) is 7.81. The van der Waals surface area contributed by atoms with Gasteiger partial charge in [0.1, 0.15) is 6.04 Å². The van der Waals surface area contributed by atoms with Gasteiger partial charge in [-0.3, -0.25) is 0 Å². The van der Waals surface area contributed by atoms with E-state index >= 15 is 0 Å². The van der Waals surface area contributed by atoms with Crippen LogP contribution in [0.3, 0.4) is 0 Å². The number of allylic oxidation sites excluding steroid dienone is 1. The molecule has 0 aromatic carbocycles. The van der Waals surface area contributed by atoms with Gasteiger partial charge in [0.15, 0.2) is 0 Å². The van der Waals surface area contributed by atoms with E-state index in [0.717, 1.165) is 0 Å². The summed E-state index contributed by atoms with van der Waals surface area (Å²) in [5.41, 5.74) is 3.02. The lowest BCUT2D eigenvalue weighted by Gasteiger charge is -2.21. The Bertz CT molecular complexity index is 220. The van der Waals surface area contributed by atoms with E-state index in [1.807, 2.05) is 13.8 Å². The molecule has 0 saturated heterocycles. The number of halogens is 3. The predicted molar refractivity (Wildman–Crippen MR) is 43.7 cm³/mol. The van der Waals surface area contributed by atoms with Crippen molar-refractivity contribution in [1.82, 2.24) is 10.4 Å². The SMILES string of the molecule is CC(C)C1=CC(C(F)(F)F)NN1C. The van der Waals surface area contributed by atoms with Crippen LogP contribution in [0, 0.1) is 5.92 Å². The highest BCUT2D eigenvalue weighted by molar-refractivity contribution is 5.14. The summed E-state index contributed by atoms with van der Waals surface area (Å²) in [6, 6.07) is -1.53. The normalized spacial score (nSPS) is 24.1. The van der Waals surface area contributed by atoms with Crippen molar-refractivity contribution < 1.29 is 13.2 Å². The van der Waals surface area contributed by atoms with Crippen LogP contribution in [-0.4, -0.2) is 24.3 Å². The fourth-order valence-corrected chi connectivity index (χ4v) is 1.35. The maximum Gasteiger partial charge on any atom is 0.409 e. The van der Waals surface area contributed by atoms with E-state index < -0.39 is 12.2 Å². The number of hydrogen-bond donors (Lipinski definition) is 1. The van der Waals surface area contributed by atoms with Crippen LogP contribution in [0.4, 0.5) is 13.2 Å². The van der Waals surface area contributed by atoms with Crippen molar-refractivity contribution in [2.45, 2.75) is 26.1 Å². The van der Waals surface area contributed by atoms with Crippen molar-refractivity contribution in [1.29, 1.82) is 0 Å². The third kappa shape index (κ3) is 2.15. The first kappa shape index (κ1) is 10.4. The Labute approximate surface area is 75.4 Å². The van der Waals surface area contributed by atoms with Gasteiger partial charge in [0, 0.05) is 12.7 Å². The average molecular weight is 194 g/mol. The highest BCUT2D eigenvalue weighted by atomic mass is 19.4. The van der Waals surface area contributed by atoms with E-state index in [4.69, 9.17) is 0 Å². The summed E-state index contributed by atoms with van der Waals surface area (Å²) in [5.74, 6) is 0.102. The van der Waals surface area contributed by atoms with Crippen molar-refractivity contribution in [2.24, 2.45) is 5.92 Å². The molecule has 1 aliphatic heterocycles. The average Bonchev–Trinajstić information content (AvgIpc) is 2.29. The minimum absolute atomic E-state index is 0.102. The molecule has 0 bridgehead atoms. The monoisotopic (exact) mass is 194 g/mol. The highest BCUT2D eigenvalue weighted by Crippen LogP contribution is 2.28. The summed E-state index contributed by atoms with van der Waals surface area (Å²) in [6.07, 6.45) is -2.98. The lowest BCUT2D eigenvalue weighted by molar-refractivity contribution is -0.149. The van der Waals surface area contributed by atoms with Gasteiger partial charge in [0.2, 0.25) is 0 Å². The molecule has 0 amide bonds. The Kier molecular flexibility index (Phi) is 2.56. The van der Waals surface area contributed by atoms with Gasteiger partial charge in [0.25, 0.3) is 0 Å². The standard InChI is InChI=1S/C8H13F3N2/c1-5(2)6-4-7(8(9,10)11)12-13(6)3/h4-5,7,12H,1-3H3. The van der Waals surface area contributed by atoms with Crippen LogP contribution in [0.15, 0.2) is 11.8 Å². The third-order valence-electron chi connectivity index (χ3n) is 2.00. The van der Waals surface area contributed by atoms with Gasteiger partial charge in [-0.05, 0) is 12.0 Å². The Balaban J connectivity index is 2.78. The van der Waals surface area contributed by atoms with Crippen LogP contribution in [0.5, 0.6) is 0 Å². The number of rotatable bonds is 1. The van der Waals surface area contributed by atoms with Crippen molar-refractivity contribution >= 4 is 0 Å². The molecule has 0 saturated carbocycles. The van der Waals surface area contributed by atoms with Gasteiger partial charge < -0.3 is 5.01 Å². The van der Waals surface area contributed by atoms with E-state index in [1.165, 1.54) is 11.1 Å². The molecule has 2 nitrogen and oxygen atoms in total. The minimum Gasteiger partial charge on any atom is -0.315 e. The van der Waals surface area contributed by atoms with Crippen molar-refractivity contribution in [3.05, 3.63) is 11.8 Å². The molecular formula is C8H13F3N2. The molecule has 0 aliphatic carbocycles. The topological polar surface area (TPSA) is 15.3 Å². The summed E-state index contributed by atoms with van der Waals surface area (Å²) in [4.78, 5) is 0. The molecule has 1 atom stereocenters. The van der Waals surface area contributed by atoms with Gasteiger partial charge in [-0.1, -0.05) is 13.8 Å². The molecule has 1 N–H and O–H groups in total. The Hall–Kier alpha value is -0.710. The smallest absolute Gasteiger partial charge is 0.315 e. The zero-order valence-corrected chi connectivity index (χ0v) is 7.81. The number of nitrogens with zero attached hydrogens (tertiary/aromatic N) is 1. The second-order valence-corrected chi connectivity index (χ2v) is 3.45. The Morgan fingerprint density at radius 3 is 2.23 bits per heavy atom. The van der Waals surface area contributed by atoms with Crippen LogP contribution in [-0.2, 0) is 0 Å². The first-order chi connectivity index (χ1) is 5.82. The molecule has 0 spiro atoms. The van der Waals surface area contributed by atoms with Gasteiger partial charge >= 0.3 is 6.18 Å². The second kappa shape index (κ2) is 3.21. The Morgan fingerprint density at radius 1 is 1.46 bits per heavy atom. The molecule has 0 aromatic rings. The van der Waals surface area contributed by atoms with Crippen LogP contribution < -0.4 is 5.43 Å². The second-order valence-electron chi connectivity index (χ2n) is 3.45. The van der Waals surface area contributed by atoms with Crippen LogP contribution >= 0.6 is 0 Å². The fourth-order valence-electron chi connectivity index (χ4n) is 1.35. The van der Waals surface area contributed by atoms with Crippen molar-refractivity contribution in [2.75, 3.05) is 7.05 Å². The Morgan fingerprint density at radius 2 is 2.00 bits per heavy atom. The molecule has 13 heavy (non-hydrogen) atoms. The molecule has 76 valence electrons. The predicted octanol–water partition coefficient (Wildman–Crippen LogP) is 1.91. The van der Waals surface area contributed by atoms with Crippen LogP contribution in [0.25, 0.3) is 0 Å². The van der Waals surface area contributed by atoms with E-state index in [2.05, 4.69) is 5.43 Å². The zero-order chi connectivity index (χ0) is 10.2. The number of hydrazine groups is 1. The molecule has 1 aliphatic rings. The highest BCUT2D eigenvalue weighted by Gasteiger charge is 2.42. The summed E-state index contributed by atoms with van der Waals surface area (Å²) < 4.78 is 36.7. The van der Waals surface area contributed by atoms with Gasteiger partial charge in [-0.25, -0.2) is 5.43 Å². The summed E-state index contributed by atoms with van der Waals surface area (Å²) in [5, 5.41) is 1.43. The lowest BCUT2D eigenvalue weighted by Crippen LogP contribution is -2.43. The third-order valence-corrected chi connectivity index (χ3v) is 2.00. The minimum atomic E-state index is -4.20. The molecule has 5 heteroatoms. The van der Waals surface area contributed by atoms with Gasteiger partial charge in [-0.15, -0.1) is 0 Å². The fraction of sp³-hybridized carbons (Fsp3) is 0.750. The molecule has 0 fully saturated rings. The molecule has 1 rings (SSSR count). The summed E-state index contributed by atoms with van der Waals surface area (Å²) in [7, 11) is 1.59. The number of hydrogen-bond acceptors (Lipinski definition) is 2. The van der Waals surface area contributed by atoms with E-state index in [0.29, 0.717) is 5.70 Å². The summed E-state index contributed by atoms with van der Waals surface area (Å²) in [6.45, 7) is 3.73. The molecule has 1 heterocycles. The lowest BCUT2D eigenvalue weighted by atomic mass is 10.1. The van der Waals surface area contributed by atoms with Crippen molar-refractivity contribution in [3.8, 4) is 0 Å². The summed E-state index contributed by atoms with van der Waals surface area (Å²) >= 11 is 0. The largest absolute Gasteiger partial charge is 0.409 e. The maximum absolute atomic E-state index is 12.2. The quantitative estimate of drug-likeness (QED) is 0.686. The van der Waals surface area contributed by atoms with E-state index in [9.17, 15) is 13.2 Å². The molecular weight excluding hydrogens is 181 g/mol. The van der Waals surface area contributed by atoms with Crippen LogP contribution in [0.2, 0.25) is 0 Å². The van der Waals surface area contributed by atoms with Gasteiger partial charge in [-0.2, -0.15) is 13.2 Å². The number of alkyl halides is 3. The number of nitrogens with one attached hydrogen (secondary N) is 1. The van der Waals surface area contributed by atoms with Crippen molar-refractivity contribution in [3.63, 3.8) is 0 Å². The molecule has 0 radical (unpaired) electrons. The first-order valence-electron chi connectivity index (χ1n) is 4.10. The first-order valence-corrected chi connectivity index (χ1v) is 4.10. The van der Waals surface area contributed by atoms with Gasteiger partial charge in [0.05, 0.1) is 0 Å².